The highest BCUT2D eigenvalue weighted by Crippen LogP contribution is 2.34. The van der Waals surface area contributed by atoms with Crippen LogP contribution in [0.25, 0.3) is 0 Å². The molecule has 0 bridgehead atoms. The van der Waals surface area contributed by atoms with Crippen LogP contribution in [0.1, 0.15) is 32.1 Å². The first kappa shape index (κ1) is 13.5. The van der Waals surface area contributed by atoms with Crippen molar-refractivity contribution in [3.63, 3.8) is 0 Å². The van der Waals surface area contributed by atoms with Gasteiger partial charge in [-0.3, -0.25) is 4.90 Å². The van der Waals surface area contributed by atoms with Crippen LogP contribution in [0, 0.1) is 0 Å². The molecule has 1 saturated heterocycles. The van der Waals surface area contributed by atoms with Gasteiger partial charge < -0.3 is 9.84 Å². The number of aryl methyl sites for hydroxylation is 1. The lowest BCUT2D eigenvalue weighted by Crippen LogP contribution is -2.54. The van der Waals surface area contributed by atoms with Gasteiger partial charge in [0.15, 0.2) is 0 Å². The highest BCUT2D eigenvalue weighted by Gasteiger charge is 2.40. The predicted molar refractivity (Wildman–Crippen MR) is 67.1 cm³/mol. The molecule has 1 aromatic heterocycles. The minimum Gasteiger partial charge on any atom is -0.385 e. The van der Waals surface area contributed by atoms with E-state index in [-0.39, 0.29) is 5.54 Å². The summed E-state index contributed by atoms with van der Waals surface area (Å²) < 4.78 is 7.02. The summed E-state index contributed by atoms with van der Waals surface area (Å²) in [5, 5.41) is 18.4. The predicted octanol–water partition coefficient (Wildman–Crippen LogP) is 0.349. The molecule has 2 heterocycles. The van der Waals surface area contributed by atoms with Crippen LogP contribution in [-0.4, -0.2) is 56.8 Å². The Labute approximate surface area is 108 Å². The van der Waals surface area contributed by atoms with E-state index in [2.05, 4.69) is 29.1 Å². The van der Waals surface area contributed by atoms with Gasteiger partial charge in [-0.15, -0.1) is 5.10 Å². The van der Waals surface area contributed by atoms with Gasteiger partial charge in [0.25, 0.3) is 0 Å². The van der Waals surface area contributed by atoms with E-state index in [4.69, 9.17) is 4.74 Å². The van der Waals surface area contributed by atoms with Crippen LogP contribution in [-0.2, 0) is 11.8 Å². The third-order valence-electron chi connectivity index (χ3n) is 4.07. The van der Waals surface area contributed by atoms with Crippen LogP contribution in [0.2, 0.25) is 0 Å². The lowest BCUT2D eigenvalue weighted by Gasteiger charge is -2.45. The van der Waals surface area contributed by atoms with Crippen LogP contribution in [0.4, 0.5) is 0 Å². The second-order valence-electron chi connectivity index (χ2n) is 5.00. The first-order chi connectivity index (χ1) is 8.59. The Bertz CT molecular complexity index is 389. The quantitative estimate of drug-likeness (QED) is 0.840. The van der Waals surface area contributed by atoms with Crippen LogP contribution >= 0.6 is 0 Å². The number of rotatable bonds is 4. The zero-order chi connectivity index (χ0) is 13.2. The molecule has 1 aliphatic rings. The lowest BCUT2D eigenvalue weighted by molar-refractivity contribution is -0.0756. The number of nitrogens with zero attached hydrogens (tertiary/aromatic N) is 4. The molecule has 6 heteroatoms. The van der Waals surface area contributed by atoms with Crippen molar-refractivity contribution in [2.24, 2.45) is 7.05 Å². The van der Waals surface area contributed by atoms with Gasteiger partial charge in [0.2, 0.25) is 0 Å². The van der Waals surface area contributed by atoms with Gasteiger partial charge in [-0.25, -0.2) is 4.68 Å². The van der Waals surface area contributed by atoms with Gasteiger partial charge in [0, 0.05) is 25.7 Å². The van der Waals surface area contributed by atoms with Gasteiger partial charge in [-0.2, -0.15) is 0 Å². The molecule has 0 aromatic carbocycles. The molecule has 2 atom stereocenters. The van der Waals surface area contributed by atoms with Crippen molar-refractivity contribution in [3.8, 4) is 0 Å². The van der Waals surface area contributed by atoms with Gasteiger partial charge in [-0.05, 0) is 13.3 Å². The van der Waals surface area contributed by atoms with E-state index >= 15 is 0 Å². The molecule has 18 heavy (non-hydrogen) atoms. The van der Waals surface area contributed by atoms with E-state index in [9.17, 15) is 5.11 Å². The molecule has 0 saturated carbocycles. The molecule has 1 aromatic rings. The van der Waals surface area contributed by atoms with Crippen molar-refractivity contribution in [2.75, 3.05) is 26.3 Å². The standard InChI is InChI=1S/C12H22N4O2/c1-4-12(2,16-5-7-18-8-6-16)11(17)10-9-13-14-15(10)3/h9,11,17H,4-8H2,1-3H3. The number of ether oxygens (including phenoxy) is 1. The fraction of sp³-hybridized carbons (Fsp3) is 0.833. The zero-order valence-corrected chi connectivity index (χ0v) is 11.3. The highest BCUT2D eigenvalue weighted by molar-refractivity contribution is 5.08. The summed E-state index contributed by atoms with van der Waals surface area (Å²) >= 11 is 0. The third kappa shape index (κ3) is 2.28. The van der Waals surface area contributed by atoms with E-state index in [1.165, 1.54) is 0 Å². The molecule has 1 N–H and O–H groups in total. The van der Waals surface area contributed by atoms with Crippen molar-refractivity contribution in [1.82, 2.24) is 19.9 Å². The largest absolute Gasteiger partial charge is 0.385 e. The van der Waals surface area contributed by atoms with Crippen LogP contribution in [0.5, 0.6) is 0 Å². The number of aliphatic hydroxyl groups is 1. The van der Waals surface area contributed by atoms with Gasteiger partial charge >= 0.3 is 0 Å². The summed E-state index contributed by atoms with van der Waals surface area (Å²) in [5.41, 5.74) is 0.449. The Kier molecular flexibility index (Phi) is 3.99. The minimum absolute atomic E-state index is 0.306. The normalized spacial score (nSPS) is 22.7. The SMILES string of the molecule is CCC(C)(C(O)c1cnnn1C)N1CCOCC1. The minimum atomic E-state index is -0.597. The molecular formula is C12H22N4O2. The van der Waals surface area contributed by atoms with Crippen molar-refractivity contribution in [1.29, 1.82) is 0 Å². The van der Waals surface area contributed by atoms with E-state index in [1.807, 2.05) is 0 Å². The first-order valence-corrected chi connectivity index (χ1v) is 6.45. The second-order valence-corrected chi connectivity index (χ2v) is 5.00. The Balaban J connectivity index is 2.22. The average Bonchev–Trinajstić information content (AvgIpc) is 2.84. The summed E-state index contributed by atoms with van der Waals surface area (Å²) in [5.74, 6) is 0. The topological polar surface area (TPSA) is 63.4 Å². The summed E-state index contributed by atoms with van der Waals surface area (Å²) in [6.45, 7) is 7.36. The molecule has 2 unspecified atom stereocenters. The summed E-state index contributed by atoms with van der Waals surface area (Å²) in [7, 11) is 1.81. The number of aliphatic hydroxyl groups excluding tert-OH is 1. The van der Waals surface area contributed by atoms with Crippen molar-refractivity contribution < 1.29 is 9.84 Å². The maximum Gasteiger partial charge on any atom is 0.115 e. The highest BCUT2D eigenvalue weighted by atomic mass is 16.5. The van der Waals surface area contributed by atoms with Crippen molar-refractivity contribution >= 4 is 0 Å². The summed E-state index contributed by atoms with van der Waals surface area (Å²) in [4.78, 5) is 2.30. The fourth-order valence-corrected chi connectivity index (χ4v) is 2.53. The van der Waals surface area contributed by atoms with Crippen molar-refractivity contribution in [3.05, 3.63) is 11.9 Å². The maximum absolute atomic E-state index is 10.7. The number of aromatic nitrogens is 3. The van der Waals surface area contributed by atoms with E-state index in [0.29, 0.717) is 0 Å². The van der Waals surface area contributed by atoms with Crippen molar-refractivity contribution in [2.45, 2.75) is 31.9 Å². The summed E-state index contributed by atoms with van der Waals surface area (Å²) in [6, 6.07) is 0. The van der Waals surface area contributed by atoms with Gasteiger partial charge in [-0.1, -0.05) is 12.1 Å². The molecule has 0 radical (unpaired) electrons. The maximum atomic E-state index is 10.7. The smallest absolute Gasteiger partial charge is 0.115 e. The molecule has 0 aliphatic carbocycles. The molecule has 6 nitrogen and oxygen atoms in total. The van der Waals surface area contributed by atoms with E-state index < -0.39 is 6.10 Å². The molecule has 2 rings (SSSR count). The van der Waals surface area contributed by atoms with Gasteiger partial charge in [0.05, 0.1) is 25.1 Å². The second kappa shape index (κ2) is 5.34. The Morgan fingerprint density at radius 2 is 2.17 bits per heavy atom. The molecule has 102 valence electrons. The Hall–Kier alpha value is -0.980. The molecule has 0 spiro atoms. The monoisotopic (exact) mass is 254 g/mol. The molecule has 0 amide bonds. The van der Waals surface area contributed by atoms with Gasteiger partial charge in [0.1, 0.15) is 6.10 Å². The first-order valence-electron chi connectivity index (χ1n) is 6.45. The van der Waals surface area contributed by atoms with Crippen LogP contribution in [0.3, 0.4) is 0 Å². The van der Waals surface area contributed by atoms with E-state index in [1.54, 1.807) is 17.9 Å². The fourth-order valence-electron chi connectivity index (χ4n) is 2.53. The zero-order valence-electron chi connectivity index (χ0n) is 11.3. The average molecular weight is 254 g/mol. The molecule has 1 aliphatic heterocycles. The molecular weight excluding hydrogens is 232 g/mol. The third-order valence-corrected chi connectivity index (χ3v) is 4.07. The number of hydrogen-bond donors (Lipinski definition) is 1. The van der Waals surface area contributed by atoms with E-state index in [0.717, 1.165) is 38.4 Å². The summed E-state index contributed by atoms with van der Waals surface area (Å²) in [6.07, 6.45) is 1.90. The molecule has 1 fully saturated rings. The number of morpholine rings is 1. The lowest BCUT2D eigenvalue weighted by atomic mass is 9.87. The number of hydrogen-bond acceptors (Lipinski definition) is 5. The van der Waals surface area contributed by atoms with Crippen LogP contribution < -0.4 is 0 Å². The Morgan fingerprint density at radius 3 is 2.67 bits per heavy atom. The Morgan fingerprint density at radius 1 is 1.50 bits per heavy atom. The van der Waals surface area contributed by atoms with Crippen LogP contribution in [0.15, 0.2) is 6.20 Å².